The molecule has 2 heterocycles. The zero-order chi connectivity index (χ0) is 14.7. The van der Waals surface area contributed by atoms with Crippen LogP contribution in [0.2, 0.25) is 0 Å². The topological polar surface area (TPSA) is 54.4 Å². The molecule has 2 aromatic rings. The van der Waals surface area contributed by atoms with Crippen LogP contribution in [0.25, 0.3) is 0 Å². The molecule has 0 spiro atoms. The molecule has 0 bridgehead atoms. The summed E-state index contributed by atoms with van der Waals surface area (Å²) in [7, 11) is -1.00. The van der Waals surface area contributed by atoms with Crippen LogP contribution in [0.15, 0.2) is 33.7 Å². The number of rotatable bonds is 2. The van der Waals surface area contributed by atoms with Gasteiger partial charge in [0.2, 0.25) is 0 Å². The number of thiophene rings is 2. The van der Waals surface area contributed by atoms with Gasteiger partial charge >= 0.3 is 5.97 Å². The highest BCUT2D eigenvalue weighted by Gasteiger charge is 1.98. The molecule has 98 valence electrons. The van der Waals surface area contributed by atoms with Crippen molar-refractivity contribution in [2.24, 2.45) is 0 Å². The third-order valence-electron chi connectivity index (χ3n) is 1.52. The second kappa shape index (κ2) is 9.76. The monoisotopic (exact) mass is 309 g/mol. The Morgan fingerprint density at radius 2 is 1.72 bits per heavy atom. The summed E-state index contributed by atoms with van der Waals surface area (Å²) in [6.45, 7) is 0. The summed E-state index contributed by atoms with van der Waals surface area (Å²) in [4.78, 5) is 20.3. The van der Waals surface area contributed by atoms with E-state index < -0.39 is 13.1 Å². The van der Waals surface area contributed by atoms with Crippen molar-refractivity contribution in [1.82, 2.24) is 0 Å². The van der Waals surface area contributed by atoms with Crippen molar-refractivity contribution in [2.75, 3.05) is 7.15 Å². The Hall–Kier alpha value is -1.24. The minimum absolute atomic E-state index is 0.370. The number of carbonyl (C=O) groups excluding carboxylic acids is 1. The number of halogens is 2. The fourth-order valence-corrected chi connectivity index (χ4v) is 2.21. The lowest BCUT2D eigenvalue weighted by Gasteiger charge is -1.78. The van der Waals surface area contributed by atoms with E-state index in [1.54, 1.807) is 28.3 Å². The van der Waals surface area contributed by atoms with Gasteiger partial charge in [-0.2, -0.15) is 22.7 Å². The summed E-state index contributed by atoms with van der Waals surface area (Å²) in [6, 6.07) is 3.27. The number of carboxylic acid groups (broad SMARTS) is 1. The van der Waals surface area contributed by atoms with Crippen LogP contribution >= 0.6 is 34.3 Å². The third kappa shape index (κ3) is 6.48. The van der Waals surface area contributed by atoms with Crippen LogP contribution in [0, 0.1) is 0 Å². The first-order chi connectivity index (χ1) is 9.02. The van der Waals surface area contributed by atoms with Gasteiger partial charge in [0.05, 0.1) is 14.1 Å². The van der Waals surface area contributed by atoms with Gasteiger partial charge in [-0.15, -0.1) is 0 Å². The molecule has 18 heavy (non-hydrogen) atoms. The maximum atomic E-state index is 10.3. The summed E-state index contributed by atoms with van der Waals surface area (Å²) in [5, 5.41) is 14.8. The predicted molar refractivity (Wildman–Crippen MR) is 72.8 cm³/mol. The van der Waals surface area contributed by atoms with Gasteiger partial charge < -0.3 is 5.11 Å². The van der Waals surface area contributed by atoms with Crippen molar-refractivity contribution in [1.29, 1.82) is 0 Å². The highest BCUT2D eigenvalue weighted by Crippen LogP contribution is 2.07. The van der Waals surface area contributed by atoms with Crippen LogP contribution in [-0.4, -0.2) is 23.5 Å². The quantitative estimate of drug-likeness (QED) is 0.847. The second-order valence-electron chi connectivity index (χ2n) is 2.60. The highest BCUT2D eigenvalue weighted by molar-refractivity contribution is 7.08. The van der Waals surface area contributed by atoms with Crippen molar-refractivity contribution in [2.45, 2.75) is 0 Å². The van der Waals surface area contributed by atoms with Crippen LogP contribution in [-0.2, 0) is 0 Å². The molecule has 0 aliphatic carbocycles. The van der Waals surface area contributed by atoms with Crippen LogP contribution in [0.4, 0.5) is 4.39 Å². The zero-order valence-corrected chi connectivity index (χ0v) is 11.4. The molecule has 0 aromatic carbocycles. The Kier molecular flexibility index (Phi) is 8.03. The van der Waals surface area contributed by atoms with Crippen molar-refractivity contribution in [3.63, 3.8) is 0 Å². The number of alkyl halides is 1. The first-order valence-corrected chi connectivity index (χ1v) is 6.62. The number of carbonyl (C=O) groups is 2. The van der Waals surface area contributed by atoms with Gasteiger partial charge in [0.25, 0.3) is 5.24 Å². The van der Waals surface area contributed by atoms with Crippen molar-refractivity contribution in [3.05, 3.63) is 44.8 Å². The number of carboxylic acids is 1. The fraction of sp³-hybridized carbons (Fsp3) is 0.0909. The molecule has 0 unspecified atom stereocenters. The minimum Gasteiger partial charge on any atom is -0.478 e. The molecule has 0 saturated carbocycles. The molecule has 0 atom stereocenters. The lowest BCUT2D eigenvalue weighted by Crippen LogP contribution is -1.90. The predicted octanol–water partition coefficient (Wildman–Crippen LogP) is 4.16. The zero-order valence-electron chi connectivity index (χ0n) is 10.0. The van der Waals surface area contributed by atoms with E-state index in [0.717, 1.165) is 0 Å². The Morgan fingerprint density at radius 3 is 1.89 bits per heavy atom. The van der Waals surface area contributed by atoms with E-state index in [0.29, 0.717) is 11.1 Å². The van der Waals surface area contributed by atoms with Gasteiger partial charge in [0, 0.05) is 16.3 Å². The Labute approximate surface area is 118 Å². The molecule has 0 fully saturated rings. The average molecular weight is 310 g/mol. The molecule has 0 radical (unpaired) electrons. The summed E-state index contributed by atoms with van der Waals surface area (Å²) in [5.41, 5.74) is 0.951. The molecular formula is C11H10ClFO3S2. The summed E-state index contributed by atoms with van der Waals surface area (Å²) >= 11 is 7.96. The van der Waals surface area contributed by atoms with E-state index >= 15 is 0 Å². The van der Waals surface area contributed by atoms with E-state index in [4.69, 9.17) is 18.1 Å². The van der Waals surface area contributed by atoms with Gasteiger partial charge in [-0.05, 0) is 34.5 Å². The van der Waals surface area contributed by atoms with E-state index in [1.165, 1.54) is 22.7 Å². The van der Waals surface area contributed by atoms with Gasteiger partial charge in [-0.1, -0.05) is 0 Å². The highest BCUT2D eigenvalue weighted by atomic mass is 35.5. The summed E-state index contributed by atoms with van der Waals surface area (Å²) in [5.74, 6) is -0.855. The van der Waals surface area contributed by atoms with Gasteiger partial charge in [0.1, 0.15) is 0 Å². The summed E-state index contributed by atoms with van der Waals surface area (Å²) < 4.78 is 15.5. The first-order valence-electron chi connectivity index (χ1n) is 5.06. The standard InChI is InChI=1S/C5H3ClOS.C5H4O2S.CH3F/c2*6-5(7)4-1-2-8-3-4;1-2/h1-3H;1-3H,(H,6,7);1H3/i;;1D. The van der Waals surface area contributed by atoms with E-state index in [1.807, 2.05) is 5.38 Å². The van der Waals surface area contributed by atoms with Gasteiger partial charge in [-0.3, -0.25) is 9.18 Å². The molecule has 2 rings (SSSR count). The van der Waals surface area contributed by atoms with Crippen molar-refractivity contribution >= 4 is 45.5 Å². The number of aromatic carboxylic acids is 1. The van der Waals surface area contributed by atoms with Crippen LogP contribution in [0.5, 0.6) is 0 Å². The van der Waals surface area contributed by atoms with Crippen molar-refractivity contribution in [3.8, 4) is 0 Å². The molecule has 0 saturated heterocycles. The third-order valence-corrected chi connectivity index (χ3v) is 3.10. The molecule has 7 heteroatoms. The van der Waals surface area contributed by atoms with Gasteiger partial charge in [0.15, 0.2) is 0 Å². The molecule has 0 aliphatic rings. The molecular weight excluding hydrogens is 299 g/mol. The normalized spacial score (nSPS) is 9.11. The van der Waals surface area contributed by atoms with E-state index in [9.17, 15) is 14.0 Å². The molecule has 3 nitrogen and oxygen atoms in total. The molecule has 0 aliphatic heterocycles. The average Bonchev–Trinajstić information content (AvgIpc) is 3.05. The largest absolute Gasteiger partial charge is 0.478 e. The van der Waals surface area contributed by atoms with E-state index in [-0.39, 0.29) is 5.24 Å². The smallest absolute Gasteiger partial charge is 0.336 e. The van der Waals surface area contributed by atoms with Gasteiger partial charge in [-0.25, -0.2) is 4.79 Å². The van der Waals surface area contributed by atoms with Crippen LogP contribution < -0.4 is 0 Å². The minimum atomic E-state index is -1.00. The maximum Gasteiger partial charge on any atom is 0.336 e. The lowest BCUT2D eigenvalue weighted by molar-refractivity contribution is 0.0697. The Balaban J connectivity index is 0.000000284. The lowest BCUT2D eigenvalue weighted by atomic mass is 10.4. The molecule has 2 aromatic heterocycles. The first kappa shape index (κ1) is 14.8. The maximum absolute atomic E-state index is 10.3. The van der Waals surface area contributed by atoms with Crippen molar-refractivity contribution < 1.29 is 20.5 Å². The van der Waals surface area contributed by atoms with E-state index in [2.05, 4.69) is 0 Å². The number of hydrogen-bond donors (Lipinski definition) is 1. The Morgan fingerprint density at radius 1 is 1.28 bits per heavy atom. The second-order valence-corrected chi connectivity index (χ2v) is 4.51. The number of hydrogen-bond acceptors (Lipinski definition) is 4. The van der Waals surface area contributed by atoms with Crippen LogP contribution in [0.3, 0.4) is 0 Å². The Bertz CT molecular complexity index is 430. The summed E-state index contributed by atoms with van der Waals surface area (Å²) in [6.07, 6.45) is 0. The van der Waals surface area contributed by atoms with Crippen LogP contribution in [0.1, 0.15) is 22.1 Å². The SMILES string of the molecule is O=C(Cl)c1ccsc1.O=C(O)c1ccsc1.[2H]CF. The molecule has 0 amide bonds. The fourth-order valence-electron chi connectivity index (χ4n) is 0.762. The molecule has 1 N–H and O–H groups in total.